The number of hydrogen-bond donors (Lipinski definition) is 1. The molecule has 0 aliphatic carbocycles. The van der Waals surface area contributed by atoms with Gasteiger partial charge in [0.15, 0.2) is 9.84 Å². The van der Waals surface area contributed by atoms with E-state index in [1.807, 2.05) is 0 Å². The Bertz CT molecular complexity index is 442. The van der Waals surface area contributed by atoms with Crippen molar-refractivity contribution in [2.75, 3.05) is 12.3 Å². The summed E-state index contributed by atoms with van der Waals surface area (Å²) >= 11 is 0. The number of halogens is 1. The maximum atomic E-state index is 13.0. The highest BCUT2D eigenvalue weighted by Crippen LogP contribution is 2.12. The van der Waals surface area contributed by atoms with Gasteiger partial charge in [-0.2, -0.15) is 0 Å². The Hall–Kier alpha value is -1.27. The summed E-state index contributed by atoms with van der Waals surface area (Å²) in [6.45, 7) is -0.0195. The van der Waals surface area contributed by atoms with Crippen molar-refractivity contribution in [3.05, 3.63) is 36.4 Å². The molecule has 1 rings (SSSR count). The number of pyridine rings is 1. The molecule has 0 saturated heterocycles. The van der Waals surface area contributed by atoms with E-state index in [2.05, 4.69) is 4.98 Å². The Morgan fingerprint density at radius 2 is 2.33 bits per heavy atom. The quantitative estimate of drug-likeness (QED) is 0.825. The van der Waals surface area contributed by atoms with E-state index in [9.17, 15) is 12.8 Å². The van der Waals surface area contributed by atoms with Crippen LogP contribution < -0.4 is 5.73 Å². The van der Waals surface area contributed by atoms with Crippen molar-refractivity contribution in [2.45, 2.75) is 4.90 Å². The maximum absolute atomic E-state index is 13.0. The predicted molar refractivity (Wildman–Crippen MR) is 54.5 cm³/mol. The molecule has 0 unspecified atom stereocenters. The molecule has 0 spiro atoms. The van der Waals surface area contributed by atoms with E-state index in [1.54, 1.807) is 0 Å². The van der Waals surface area contributed by atoms with Crippen molar-refractivity contribution in [2.24, 2.45) is 5.73 Å². The van der Waals surface area contributed by atoms with Gasteiger partial charge in [0.25, 0.3) is 0 Å². The minimum atomic E-state index is -3.64. The summed E-state index contributed by atoms with van der Waals surface area (Å²) in [7, 11) is -3.64. The predicted octanol–water partition coefficient (Wildman–Crippen LogP) is 0.667. The minimum absolute atomic E-state index is 0.00516. The fraction of sp³-hybridized carbons (Fsp3) is 0.222. The first kappa shape index (κ1) is 11.8. The lowest BCUT2D eigenvalue weighted by atomic mass is 10.5. The van der Waals surface area contributed by atoms with Crippen molar-refractivity contribution < 1.29 is 12.8 Å². The van der Waals surface area contributed by atoms with Crippen LogP contribution in [-0.2, 0) is 9.84 Å². The Morgan fingerprint density at radius 1 is 1.60 bits per heavy atom. The molecule has 2 N–H and O–H groups in total. The number of aromatic nitrogens is 1. The van der Waals surface area contributed by atoms with E-state index in [1.165, 1.54) is 24.5 Å². The molecule has 0 aliphatic heterocycles. The molecule has 1 aromatic heterocycles. The molecular weight excluding hydrogens is 219 g/mol. The number of rotatable bonds is 4. The molecular formula is C9H11FN2O2S. The van der Waals surface area contributed by atoms with Crippen LogP contribution in [-0.4, -0.2) is 25.7 Å². The average Bonchev–Trinajstić information content (AvgIpc) is 2.18. The summed E-state index contributed by atoms with van der Waals surface area (Å²) in [5.74, 6) is -1.42. The van der Waals surface area contributed by atoms with E-state index in [0.717, 1.165) is 6.08 Å². The summed E-state index contributed by atoms with van der Waals surface area (Å²) in [6, 6.07) is 2.86. The smallest absolute Gasteiger partial charge is 0.186 e. The summed E-state index contributed by atoms with van der Waals surface area (Å²) in [6.07, 6.45) is 3.67. The third-order valence-corrected chi connectivity index (χ3v) is 3.28. The minimum Gasteiger partial charge on any atom is -0.327 e. The van der Waals surface area contributed by atoms with Gasteiger partial charge in [-0.05, 0) is 18.2 Å². The molecule has 82 valence electrons. The molecule has 0 fully saturated rings. The van der Waals surface area contributed by atoms with Gasteiger partial charge in [0.05, 0.1) is 4.90 Å². The molecule has 1 aromatic rings. The highest BCUT2D eigenvalue weighted by Gasteiger charge is 2.16. The van der Waals surface area contributed by atoms with Crippen LogP contribution >= 0.6 is 0 Å². The van der Waals surface area contributed by atoms with Crippen LogP contribution in [0.3, 0.4) is 0 Å². The summed E-state index contributed by atoms with van der Waals surface area (Å²) in [5, 5.41) is 0. The van der Waals surface area contributed by atoms with Crippen LogP contribution in [0.15, 0.2) is 41.3 Å². The Labute approximate surface area is 87.6 Å². The molecule has 0 aliphatic rings. The number of nitrogens with two attached hydrogens (primary N) is 1. The van der Waals surface area contributed by atoms with E-state index in [4.69, 9.17) is 5.73 Å². The first-order valence-corrected chi connectivity index (χ1v) is 5.89. The molecule has 0 atom stereocenters. The lowest BCUT2D eigenvalue weighted by Gasteiger charge is -2.01. The fourth-order valence-electron chi connectivity index (χ4n) is 0.983. The van der Waals surface area contributed by atoms with Crippen LogP contribution in [0, 0.1) is 0 Å². The zero-order valence-electron chi connectivity index (χ0n) is 7.93. The molecule has 0 amide bonds. The van der Waals surface area contributed by atoms with Gasteiger partial charge in [0.1, 0.15) is 11.6 Å². The summed E-state index contributed by atoms with van der Waals surface area (Å²) < 4.78 is 36.1. The van der Waals surface area contributed by atoms with Crippen molar-refractivity contribution >= 4 is 9.84 Å². The topological polar surface area (TPSA) is 73.1 Å². The maximum Gasteiger partial charge on any atom is 0.186 e. The molecule has 0 saturated carbocycles. The molecule has 0 radical (unpaired) electrons. The van der Waals surface area contributed by atoms with Gasteiger partial charge >= 0.3 is 0 Å². The van der Waals surface area contributed by atoms with E-state index < -0.39 is 21.4 Å². The van der Waals surface area contributed by atoms with E-state index in [-0.39, 0.29) is 11.4 Å². The van der Waals surface area contributed by atoms with Crippen LogP contribution in [0.25, 0.3) is 0 Å². The Morgan fingerprint density at radius 3 is 2.87 bits per heavy atom. The zero-order chi connectivity index (χ0) is 11.3. The van der Waals surface area contributed by atoms with Gasteiger partial charge in [-0.3, -0.25) is 4.98 Å². The normalized spacial score (nSPS) is 12.8. The average molecular weight is 230 g/mol. The Balaban J connectivity index is 2.91. The van der Waals surface area contributed by atoms with Crippen LogP contribution in [0.2, 0.25) is 0 Å². The SMILES string of the molecule is NC/C=C(\F)CS(=O)(=O)c1cccnc1. The van der Waals surface area contributed by atoms with Crippen molar-refractivity contribution in [1.82, 2.24) is 4.98 Å². The third kappa shape index (κ3) is 3.41. The van der Waals surface area contributed by atoms with Crippen LogP contribution in [0.1, 0.15) is 0 Å². The molecule has 4 nitrogen and oxygen atoms in total. The summed E-state index contributed by atoms with van der Waals surface area (Å²) in [4.78, 5) is 3.66. The zero-order valence-corrected chi connectivity index (χ0v) is 8.74. The monoisotopic (exact) mass is 230 g/mol. The molecule has 0 aromatic carbocycles. The lowest BCUT2D eigenvalue weighted by Crippen LogP contribution is -2.08. The highest BCUT2D eigenvalue weighted by atomic mass is 32.2. The van der Waals surface area contributed by atoms with Crippen molar-refractivity contribution in [3.8, 4) is 0 Å². The first-order chi connectivity index (χ1) is 7.06. The molecule has 6 heteroatoms. The van der Waals surface area contributed by atoms with Gasteiger partial charge in [0.2, 0.25) is 0 Å². The van der Waals surface area contributed by atoms with E-state index in [0.29, 0.717) is 0 Å². The van der Waals surface area contributed by atoms with Gasteiger partial charge < -0.3 is 5.73 Å². The van der Waals surface area contributed by atoms with Gasteiger partial charge in [-0.1, -0.05) is 0 Å². The number of hydrogen-bond acceptors (Lipinski definition) is 4. The second-order valence-corrected chi connectivity index (χ2v) is 4.82. The van der Waals surface area contributed by atoms with Crippen molar-refractivity contribution in [1.29, 1.82) is 0 Å². The molecule has 1 heterocycles. The van der Waals surface area contributed by atoms with Crippen LogP contribution in [0.5, 0.6) is 0 Å². The molecule has 15 heavy (non-hydrogen) atoms. The van der Waals surface area contributed by atoms with E-state index >= 15 is 0 Å². The first-order valence-electron chi connectivity index (χ1n) is 4.23. The third-order valence-electron chi connectivity index (χ3n) is 1.66. The van der Waals surface area contributed by atoms with Gasteiger partial charge in [-0.15, -0.1) is 0 Å². The highest BCUT2D eigenvalue weighted by molar-refractivity contribution is 7.91. The summed E-state index contributed by atoms with van der Waals surface area (Å²) in [5.41, 5.74) is 5.06. The standard InChI is InChI=1S/C9H11FN2O2S/c10-8(3-4-11)7-15(13,14)9-2-1-5-12-6-9/h1-3,5-6H,4,7,11H2/b8-3-. The molecule has 0 bridgehead atoms. The van der Waals surface area contributed by atoms with Gasteiger partial charge in [-0.25, -0.2) is 12.8 Å². The Kier molecular flexibility index (Phi) is 3.93. The van der Waals surface area contributed by atoms with Crippen molar-refractivity contribution in [3.63, 3.8) is 0 Å². The largest absolute Gasteiger partial charge is 0.327 e. The second kappa shape index (κ2) is 4.99. The van der Waals surface area contributed by atoms with Crippen LogP contribution in [0.4, 0.5) is 4.39 Å². The number of sulfone groups is 1. The number of nitrogens with zero attached hydrogens (tertiary/aromatic N) is 1. The second-order valence-electron chi connectivity index (χ2n) is 2.83. The lowest BCUT2D eigenvalue weighted by molar-refractivity contribution is 0.582. The fourth-order valence-corrected chi connectivity index (χ4v) is 2.14. The van der Waals surface area contributed by atoms with Gasteiger partial charge in [0, 0.05) is 18.9 Å².